The minimum Gasteiger partial charge on any atom is -0.494 e. The van der Waals surface area contributed by atoms with Crippen molar-refractivity contribution in [1.82, 2.24) is 40.3 Å². The largest absolute Gasteiger partial charge is 0.494 e. The van der Waals surface area contributed by atoms with Gasteiger partial charge in [0.2, 0.25) is 29.6 Å². The molecule has 3 aliphatic heterocycles. The number of rotatable bonds is 26. The lowest BCUT2D eigenvalue weighted by atomic mass is 9.85. The highest BCUT2D eigenvalue weighted by atomic mass is 35.5. The minimum absolute atomic E-state index is 0.0125. The van der Waals surface area contributed by atoms with E-state index in [4.69, 9.17) is 30.5 Å². The van der Waals surface area contributed by atoms with Gasteiger partial charge in [-0.2, -0.15) is 4.98 Å². The second-order valence-corrected chi connectivity index (χ2v) is 27.3. The Morgan fingerprint density at radius 2 is 1.52 bits per heavy atom. The number of ether oxygens (including phenoxy) is 4. The van der Waals surface area contributed by atoms with Crippen LogP contribution in [-0.2, 0) is 44.5 Å². The van der Waals surface area contributed by atoms with Crippen molar-refractivity contribution in [2.75, 3.05) is 121 Å². The summed E-state index contributed by atoms with van der Waals surface area (Å²) in [5.74, 6) is 0.265. The normalized spacial score (nSPS) is 17.5. The van der Waals surface area contributed by atoms with E-state index in [1.54, 1.807) is 31.8 Å². The number of piperazine rings is 1. The summed E-state index contributed by atoms with van der Waals surface area (Å²) in [6, 6.07) is 19.9. The number of carbonyl (C=O) groups is 4. The Hall–Kier alpha value is -6.23. The molecule has 3 fully saturated rings. The third kappa shape index (κ3) is 17.5. The summed E-state index contributed by atoms with van der Waals surface area (Å²) in [5, 5.41) is 23.9. The number of benzene rings is 3. The van der Waals surface area contributed by atoms with Gasteiger partial charge < -0.3 is 64.6 Å². The van der Waals surface area contributed by atoms with Crippen molar-refractivity contribution < 1.29 is 47.8 Å². The minimum atomic E-state index is -2.57. The summed E-state index contributed by atoms with van der Waals surface area (Å²) in [5.41, 5.74) is 6.46. The molecule has 21 nitrogen and oxygen atoms in total. The second kappa shape index (κ2) is 29.7. The molecule has 0 bridgehead atoms. The van der Waals surface area contributed by atoms with Crippen molar-refractivity contribution in [3.8, 4) is 16.2 Å². The van der Waals surface area contributed by atoms with Gasteiger partial charge >= 0.3 is 0 Å². The Bertz CT molecular complexity index is 3070. The number of para-hydroxylation sites is 1. The lowest BCUT2D eigenvalue weighted by molar-refractivity contribution is -0.144. The van der Waals surface area contributed by atoms with Crippen LogP contribution in [-0.4, -0.2) is 189 Å². The molecule has 3 aromatic carbocycles. The first-order valence-electron chi connectivity index (χ1n) is 28.7. The Balaban J connectivity index is 0.662. The van der Waals surface area contributed by atoms with Crippen LogP contribution in [0.2, 0.25) is 5.02 Å². The van der Waals surface area contributed by atoms with E-state index >= 15 is 0 Å². The zero-order valence-corrected chi connectivity index (χ0v) is 51.7. The van der Waals surface area contributed by atoms with E-state index in [0.717, 1.165) is 66.4 Å². The number of methoxy groups -OCH3 is 1. The standard InChI is InChI=1S/C60H81ClN11O10PS/c1-40-54(84-39-64-40)42-14-12-41(13-15-42)36-62-57(76)49-35-45(73)38-72(49)58(77)55(60(2,3)4)67-52(74)20-28-80-30-32-82-33-31-81-29-21-53(75)71-26-24-70(25-27-71)43-18-22-69(23-19-43)44-16-17-47(50(34-44)79-5)66-59-63-37-46(61)56(68-59)65-48-10-8-9-11-51(48)83(6,7)78/h8-17,34,37,39,43,45,49,55,73H,18-33,35-36,38H2,1-7H3,(H,62,76)(H,67,74)(H2,63,65,66,68). The Labute approximate surface area is 501 Å². The van der Waals surface area contributed by atoms with E-state index in [1.165, 1.54) is 11.1 Å². The number of carbonyl (C=O) groups excluding carboxylic acids is 4. The highest BCUT2D eigenvalue weighted by Crippen LogP contribution is 2.39. The van der Waals surface area contributed by atoms with E-state index in [0.29, 0.717) is 91.2 Å². The predicted octanol–water partition coefficient (Wildman–Crippen LogP) is 7.06. The van der Waals surface area contributed by atoms with E-state index in [9.17, 15) is 28.8 Å². The number of hydrogen-bond donors (Lipinski definition) is 5. The summed E-state index contributed by atoms with van der Waals surface area (Å²) in [4.78, 5) is 76.3. The van der Waals surface area contributed by atoms with Gasteiger partial charge in [-0.15, -0.1) is 11.3 Å². The molecule has 4 amide bonds. The lowest BCUT2D eigenvalue weighted by Gasteiger charge is -2.43. The summed E-state index contributed by atoms with van der Waals surface area (Å²) in [7, 11) is -0.936. The molecule has 2 aromatic heterocycles. The van der Waals surface area contributed by atoms with Crippen LogP contribution < -0.4 is 36.2 Å². The number of aryl methyl sites for hydroxylation is 1. The van der Waals surface area contributed by atoms with Crippen molar-refractivity contribution in [2.24, 2.45) is 5.41 Å². The number of aromatic nitrogens is 3. The smallest absolute Gasteiger partial charge is 0.246 e. The van der Waals surface area contributed by atoms with Gasteiger partial charge in [0.25, 0.3) is 0 Å². The first kappa shape index (κ1) is 63.8. The summed E-state index contributed by atoms with van der Waals surface area (Å²) < 4.78 is 35.8. The zero-order chi connectivity index (χ0) is 60.0. The molecule has 24 heteroatoms. The molecule has 84 heavy (non-hydrogen) atoms. The molecule has 454 valence electrons. The number of halogens is 1. The highest BCUT2D eigenvalue weighted by molar-refractivity contribution is 7.70. The number of β-amino-alcohol motifs (C(OH)–C–C–N with tert-alkyl or cyclic N) is 1. The topological polar surface area (TPSA) is 242 Å². The molecule has 3 saturated heterocycles. The number of nitrogens with zero attached hydrogens (tertiary/aromatic N) is 7. The van der Waals surface area contributed by atoms with Crippen molar-refractivity contribution in [3.63, 3.8) is 0 Å². The van der Waals surface area contributed by atoms with Gasteiger partial charge in [0.1, 0.15) is 30.0 Å². The average molecular weight is 1210 g/mol. The summed E-state index contributed by atoms with van der Waals surface area (Å²) in [6.07, 6.45) is 3.07. The van der Waals surface area contributed by atoms with Gasteiger partial charge in [-0.05, 0) is 73.9 Å². The van der Waals surface area contributed by atoms with Crippen LogP contribution in [0.15, 0.2) is 78.4 Å². The van der Waals surface area contributed by atoms with Crippen molar-refractivity contribution >= 4 is 87.8 Å². The lowest BCUT2D eigenvalue weighted by Crippen LogP contribution is -2.57. The number of piperidine rings is 1. The number of likely N-dealkylation sites (tertiary alicyclic amines) is 1. The fraction of sp³-hybridized carbons (Fsp3) is 0.517. The molecule has 0 aliphatic carbocycles. The second-order valence-electron chi connectivity index (χ2n) is 22.8. The number of aliphatic hydroxyl groups is 1. The molecule has 8 rings (SSSR count). The van der Waals surface area contributed by atoms with Gasteiger partial charge in [-0.25, -0.2) is 9.97 Å². The van der Waals surface area contributed by atoms with E-state index in [1.807, 2.05) is 98.8 Å². The molecule has 0 spiro atoms. The first-order valence-corrected chi connectivity index (χ1v) is 32.6. The van der Waals surface area contributed by atoms with Crippen LogP contribution >= 0.6 is 30.1 Å². The van der Waals surface area contributed by atoms with Gasteiger partial charge in [0, 0.05) is 88.3 Å². The van der Waals surface area contributed by atoms with Crippen molar-refractivity contribution in [2.45, 2.75) is 90.6 Å². The van der Waals surface area contributed by atoms with E-state index in [-0.39, 0.29) is 56.9 Å². The fourth-order valence-electron chi connectivity index (χ4n) is 10.7. The van der Waals surface area contributed by atoms with Crippen LogP contribution in [0.3, 0.4) is 0 Å². The molecule has 5 N–H and O–H groups in total. The molecule has 0 saturated carbocycles. The molecular formula is C60H81ClN11O10PS. The van der Waals surface area contributed by atoms with Gasteiger partial charge in [-0.1, -0.05) is 68.8 Å². The molecule has 3 aliphatic rings. The number of thiazole rings is 1. The van der Waals surface area contributed by atoms with Crippen LogP contribution in [0.4, 0.5) is 28.8 Å². The molecule has 3 atom stereocenters. The number of amides is 4. The molecule has 3 unspecified atom stereocenters. The third-order valence-electron chi connectivity index (χ3n) is 15.3. The van der Waals surface area contributed by atoms with Gasteiger partial charge in [0.15, 0.2) is 5.82 Å². The monoisotopic (exact) mass is 1210 g/mol. The van der Waals surface area contributed by atoms with Gasteiger partial charge in [0.05, 0.1) is 92.9 Å². The molecule has 0 radical (unpaired) electrons. The number of nitrogens with one attached hydrogen (secondary N) is 4. The van der Waals surface area contributed by atoms with E-state index in [2.05, 4.69) is 52.1 Å². The summed E-state index contributed by atoms with van der Waals surface area (Å²) in [6.45, 7) is 17.6. The van der Waals surface area contributed by atoms with Crippen LogP contribution in [0.25, 0.3) is 10.4 Å². The summed E-state index contributed by atoms with van der Waals surface area (Å²) >= 11 is 8.07. The predicted molar refractivity (Wildman–Crippen MR) is 329 cm³/mol. The fourth-order valence-corrected chi connectivity index (χ4v) is 12.8. The maximum absolute atomic E-state index is 14.0. The van der Waals surface area contributed by atoms with Crippen LogP contribution in [0.1, 0.15) is 64.1 Å². The molecular weight excluding hydrogens is 1130 g/mol. The Morgan fingerprint density at radius 1 is 0.845 bits per heavy atom. The van der Waals surface area contributed by atoms with Crippen LogP contribution in [0, 0.1) is 12.3 Å². The number of hydrogen-bond acceptors (Lipinski definition) is 18. The zero-order valence-electron chi connectivity index (χ0n) is 49.2. The number of aliphatic hydroxyl groups excluding tert-OH is 1. The quantitative estimate of drug-likeness (QED) is 0.0275. The molecule has 5 heterocycles. The maximum Gasteiger partial charge on any atom is 0.246 e. The maximum atomic E-state index is 14.0. The van der Waals surface area contributed by atoms with Gasteiger partial charge in [-0.3, -0.25) is 24.1 Å². The third-order valence-corrected chi connectivity index (χ3v) is 18.1. The highest BCUT2D eigenvalue weighted by Gasteiger charge is 2.44. The first-order chi connectivity index (χ1) is 40.2. The Kier molecular flexibility index (Phi) is 22.6. The Morgan fingerprint density at radius 3 is 2.18 bits per heavy atom. The average Bonchev–Trinajstić information content (AvgIpc) is 3.03. The molecule has 5 aromatic rings. The van der Waals surface area contributed by atoms with Crippen molar-refractivity contribution in [1.29, 1.82) is 0 Å². The number of anilines is 5. The van der Waals surface area contributed by atoms with Crippen molar-refractivity contribution in [3.05, 3.63) is 94.7 Å². The van der Waals surface area contributed by atoms with Crippen LogP contribution in [0.5, 0.6) is 5.75 Å². The van der Waals surface area contributed by atoms with E-state index < -0.39 is 36.7 Å². The SMILES string of the molecule is COc1cc(N2CCC(N3CCN(C(=O)CCOCCOCCOCCC(=O)NC(C(=O)N4CC(O)CC4C(=O)NCc4ccc(-c5scnc5C)cc4)C(C)(C)C)CC3)CC2)ccc1Nc1ncc(Cl)c(Nc2ccccc2P(C)(C)=O)n1.